The molecule has 1 aliphatic rings. The van der Waals surface area contributed by atoms with Gasteiger partial charge in [-0.1, -0.05) is 6.07 Å². The van der Waals surface area contributed by atoms with Gasteiger partial charge in [-0.2, -0.15) is 4.98 Å². The Kier molecular flexibility index (Phi) is 4.68. The molecule has 0 fully saturated rings. The molecule has 0 saturated carbocycles. The third-order valence-electron chi connectivity index (χ3n) is 5.51. The van der Waals surface area contributed by atoms with Crippen LogP contribution in [0.15, 0.2) is 35.1 Å². The number of nitrogens with zero attached hydrogens (tertiary/aromatic N) is 2. The van der Waals surface area contributed by atoms with E-state index in [0.717, 1.165) is 34.5 Å². The normalized spacial score (nSPS) is 15.4. The number of fused-ring (bicyclic) bond motifs is 1. The van der Waals surface area contributed by atoms with Crippen molar-refractivity contribution >= 4 is 11.6 Å². The van der Waals surface area contributed by atoms with Crippen LogP contribution in [0.1, 0.15) is 40.4 Å². The Morgan fingerprint density at radius 3 is 2.31 bits per heavy atom. The van der Waals surface area contributed by atoms with Crippen molar-refractivity contribution in [3.63, 3.8) is 0 Å². The van der Waals surface area contributed by atoms with Crippen LogP contribution in [0.3, 0.4) is 0 Å². The molecule has 1 N–H and O–H groups in total. The molecule has 7 heteroatoms. The predicted octanol–water partition coefficient (Wildman–Crippen LogP) is 4.87. The van der Waals surface area contributed by atoms with Crippen LogP contribution >= 0.6 is 0 Å². The van der Waals surface area contributed by atoms with E-state index in [1.54, 1.807) is 4.57 Å². The van der Waals surface area contributed by atoms with Crippen LogP contribution < -0.4 is 10.9 Å². The maximum atomic E-state index is 13.8. The van der Waals surface area contributed by atoms with Gasteiger partial charge in [-0.05, 0) is 74.1 Å². The lowest BCUT2D eigenvalue weighted by Gasteiger charge is -2.21. The minimum atomic E-state index is -1.49. The van der Waals surface area contributed by atoms with Crippen molar-refractivity contribution in [2.24, 2.45) is 0 Å². The highest BCUT2D eigenvalue weighted by molar-refractivity contribution is 5.61. The molecule has 2 aromatic carbocycles. The quantitative estimate of drug-likeness (QED) is 0.640. The van der Waals surface area contributed by atoms with Crippen molar-refractivity contribution in [1.29, 1.82) is 0 Å². The second kappa shape index (κ2) is 7.06. The molecule has 29 heavy (non-hydrogen) atoms. The number of halogens is 3. The largest absolute Gasteiger partial charge is 0.325 e. The SMILES string of the molecule is Cc1cc(C)c(Nc2nc(=O)cc3n2C(c2cc(F)c(F)c(F)c2)CC3)cc1C. The maximum Gasteiger partial charge on any atom is 0.274 e. The number of hydrogen-bond acceptors (Lipinski definition) is 3. The average molecular weight is 399 g/mol. The van der Waals surface area contributed by atoms with Crippen molar-refractivity contribution < 1.29 is 13.2 Å². The van der Waals surface area contributed by atoms with Gasteiger partial charge < -0.3 is 9.88 Å². The Morgan fingerprint density at radius 2 is 1.62 bits per heavy atom. The van der Waals surface area contributed by atoms with Crippen LogP contribution in [0.5, 0.6) is 0 Å². The molecule has 4 rings (SSSR count). The second-order valence-electron chi connectivity index (χ2n) is 7.51. The molecule has 2 heterocycles. The zero-order valence-corrected chi connectivity index (χ0v) is 16.3. The molecule has 150 valence electrons. The summed E-state index contributed by atoms with van der Waals surface area (Å²) in [6.07, 6.45) is 1.07. The van der Waals surface area contributed by atoms with E-state index in [2.05, 4.69) is 10.3 Å². The van der Waals surface area contributed by atoms with Gasteiger partial charge in [0.15, 0.2) is 17.5 Å². The van der Waals surface area contributed by atoms with Gasteiger partial charge in [0.25, 0.3) is 5.56 Å². The Hall–Kier alpha value is -3.09. The van der Waals surface area contributed by atoms with Crippen LogP contribution in [0.2, 0.25) is 0 Å². The van der Waals surface area contributed by atoms with Gasteiger partial charge in [-0.15, -0.1) is 0 Å². The molecule has 0 saturated heterocycles. The predicted molar refractivity (Wildman–Crippen MR) is 105 cm³/mol. The van der Waals surface area contributed by atoms with Gasteiger partial charge in [0, 0.05) is 17.4 Å². The summed E-state index contributed by atoms with van der Waals surface area (Å²) in [5.74, 6) is -3.66. The highest BCUT2D eigenvalue weighted by Crippen LogP contribution is 2.36. The summed E-state index contributed by atoms with van der Waals surface area (Å²) in [4.78, 5) is 16.2. The van der Waals surface area contributed by atoms with Crippen LogP contribution in [-0.4, -0.2) is 9.55 Å². The van der Waals surface area contributed by atoms with Crippen molar-refractivity contribution in [2.45, 2.75) is 39.7 Å². The lowest BCUT2D eigenvalue weighted by molar-refractivity contribution is 0.441. The smallest absolute Gasteiger partial charge is 0.274 e. The number of aryl methyl sites for hydroxylation is 4. The summed E-state index contributed by atoms with van der Waals surface area (Å²) < 4.78 is 42.8. The lowest BCUT2D eigenvalue weighted by atomic mass is 10.0. The summed E-state index contributed by atoms with van der Waals surface area (Å²) in [7, 11) is 0. The number of rotatable bonds is 3. The maximum absolute atomic E-state index is 13.8. The average Bonchev–Trinajstić information content (AvgIpc) is 3.07. The summed E-state index contributed by atoms with van der Waals surface area (Å²) in [6.45, 7) is 5.95. The first-order chi connectivity index (χ1) is 13.7. The van der Waals surface area contributed by atoms with Gasteiger partial charge >= 0.3 is 0 Å². The van der Waals surface area contributed by atoms with E-state index in [-0.39, 0.29) is 0 Å². The summed E-state index contributed by atoms with van der Waals surface area (Å²) >= 11 is 0. The zero-order valence-electron chi connectivity index (χ0n) is 16.3. The van der Waals surface area contributed by atoms with Crippen LogP contribution in [0.25, 0.3) is 0 Å². The molecule has 1 unspecified atom stereocenters. The van der Waals surface area contributed by atoms with Crippen molar-refractivity contribution in [3.05, 3.63) is 86.1 Å². The van der Waals surface area contributed by atoms with Crippen LogP contribution in [0.4, 0.5) is 24.8 Å². The Labute approximate surface area is 166 Å². The minimum absolute atomic E-state index is 0.297. The molecule has 0 amide bonds. The fourth-order valence-electron chi connectivity index (χ4n) is 3.88. The van der Waals surface area contributed by atoms with Gasteiger partial charge in [-0.3, -0.25) is 4.79 Å². The second-order valence-corrected chi connectivity index (χ2v) is 7.51. The third-order valence-corrected chi connectivity index (χ3v) is 5.51. The zero-order chi connectivity index (χ0) is 20.9. The molecule has 4 nitrogen and oxygen atoms in total. The first-order valence-electron chi connectivity index (χ1n) is 9.36. The van der Waals surface area contributed by atoms with Gasteiger partial charge in [0.05, 0.1) is 6.04 Å². The Bertz CT molecular complexity index is 1160. The van der Waals surface area contributed by atoms with Crippen LogP contribution in [0, 0.1) is 38.2 Å². The summed E-state index contributed by atoms with van der Waals surface area (Å²) in [5.41, 5.74) is 4.62. The molecule has 0 radical (unpaired) electrons. The molecule has 0 bridgehead atoms. The molecule has 1 aliphatic heterocycles. The summed E-state index contributed by atoms with van der Waals surface area (Å²) in [6, 6.07) is 6.97. The molecule has 1 aromatic heterocycles. The monoisotopic (exact) mass is 399 g/mol. The number of aromatic nitrogens is 2. The van der Waals surface area contributed by atoms with Crippen molar-refractivity contribution in [3.8, 4) is 0 Å². The number of benzene rings is 2. The molecule has 0 spiro atoms. The summed E-state index contributed by atoms with van der Waals surface area (Å²) in [5, 5.41) is 3.21. The Morgan fingerprint density at radius 1 is 0.966 bits per heavy atom. The fraction of sp³-hybridized carbons (Fsp3) is 0.273. The first-order valence-corrected chi connectivity index (χ1v) is 9.36. The van der Waals surface area contributed by atoms with E-state index in [1.165, 1.54) is 6.07 Å². The van der Waals surface area contributed by atoms with E-state index in [0.29, 0.717) is 30.0 Å². The van der Waals surface area contributed by atoms with Crippen molar-refractivity contribution in [1.82, 2.24) is 9.55 Å². The van der Waals surface area contributed by atoms with Gasteiger partial charge in [-0.25, -0.2) is 13.2 Å². The molecule has 3 aromatic rings. The van der Waals surface area contributed by atoms with Crippen molar-refractivity contribution in [2.75, 3.05) is 5.32 Å². The first kappa shape index (κ1) is 19.2. The van der Waals surface area contributed by atoms with E-state index in [4.69, 9.17) is 0 Å². The van der Waals surface area contributed by atoms with E-state index in [9.17, 15) is 18.0 Å². The number of hydrogen-bond donors (Lipinski definition) is 1. The van der Waals surface area contributed by atoms with Gasteiger partial charge in [0.2, 0.25) is 5.95 Å². The van der Waals surface area contributed by atoms with Gasteiger partial charge in [0.1, 0.15) is 0 Å². The number of nitrogens with one attached hydrogen (secondary N) is 1. The van der Waals surface area contributed by atoms with E-state index in [1.807, 2.05) is 32.9 Å². The van der Waals surface area contributed by atoms with E-state index < -0.39 is 29.1 Å². The fourth-order valence-corrected chi connectivity index (χ4v) is 3.88. The highest BCUT2D eigenvalue weighted by Gasteiger charge is 2.28. The lowest BCUT2D eigenvalue weighted by Crippen LogP contribution is -2.20. The Balaban J connectivity index is 1.83. The molecule has 1 atom stereocenters. The van der Waals surface area contributed by atoms with Crippen LogP contribution in [-0.2, 0) is 6.42 Å². The molecular formula is C22H20F3N3O. The topological polar surface area (TPSA) is 46.9 Å². The van der Waals surface area contributed by atoms with E-state index >= 15 is 0 Å². The molecular weight excluding hydrogens is 379 g/mol. The minimum Gasteiger partial charge on any atom is -0.325 e. The highest BCUT2D eigenvalue weighted by atomic mass is 19.2. The number of anilines is 2. The standard InChI is InChI=1S/C22H20F3N3O/c1-11-6-13(3)18(7-12(11)2)26-22-27-20(29)10-15-4-5-19(28(15)22)14-8-16(23)21(25)17(24)9-14/h6-10,19H,4-5H2,1-3H3,(H,26,27,29). The third kappa shape index (κ3) is 3.41. The molecule has 0 aliphatic carbocycles.